The van der Waals surface area contributed by atoms with Crippen molar-refractivity contribution in [2.45, 2.75) is 0 Å². The first-order valence-corrected chi connectivity index (χ1v) is 1.90. The Labute approximate surface area is 74.0 Å². The minimum absolute atomic E-state index is 0. The predicted octanol–water partition coefficient (Wildman–Crippen LogP) is -3.05. The molecule has 0 aromatic rings. The van der Waals surface area contributed by atoms with E-state index in [-0.39, 0.29) is 29.6 Å². The minimum atomic E-state index is -1.19. The summed E-state index contributed by atoms with van der Waals surface area (Å²) in [5.41, 5.74) is 0. The Morgan fingerprint density at radius 3 is 1.86 bits per heavy atom. The van der Waals surface area contributed by atoms with Gasteiger partial charge in [-0.15, -0.1) is 0 Å². The first-order valence-electron chi connectivity index (χ1n) is 1.09. The van der Waals surface area contributed by atoms with Crippen LogP contribution in [0.3, 0.4) is 0 Å². The maximum absolute atomic E-state index is 9.45. The molecule has 0 amide bonds. The summed E-state index contributed by atoms with van der Waals surface area (Å²) in [7, 11) is 0. The summed E-state index contributed by atoms with van der Waals surface area (Å²) < 4.78 is -0.407. The summed E-state index contributed by atoms with van der Waals surface area (Å²) >= 11 is 8.07. The number of carboxylic acid groups (broad SMARTS) is 1. The molecule has 0 spiro atoms. The van der Waals surface area contributed by atoms with Gasteiger partial charge in [0.1, 0.15) is 0 Å². The monoisotopic (exact) mass is 144 g/mol. The maximum atomic E-state index is 9.45. The molecular formula is C2HNaO2S2. The van der Waals surface area contributed by atoms with Gasteiger partial charge in [0.05, 0.1) is 0 Å². The van der Waals surface area contributed by atoms with Gasteiger partial charge in [-0.3, -0.25) is 0 Å². The van der Waals surface area contributed by atoms with Crippen LogP contribution >= 0.6 is 12.2 Å². The molecule has 0 atom stereocenters. The Kier molecular flexibility index (Phi) is 7.54. The van der Waals surface area contributed by atoms with E-state index < -0.39 is 10.2 Å². The Morgan fingerprint density at radius 1 is 1.71 bits per heavy atom. The molecule has 0 aromatic heterocycles. The molecule has 0 unspecified atom stereocenters. The number of carboxylic acids is 1. The van der Waals surface area contributed by atoms with E-state index in [9.17, 15) is 4.79 Å². The largest absolute Gasteiger partial charge is 1.00 e. The van der Waals surface area contributed by atoms with Crippen LogP contribution in [0, 0.1) is 0 Å². The van der Waals surface area contributed by atoms with Crippen molar-refractivity contribution in [1.82, 2.24) is 0 Å². The Balaban J connectivity index is 0. The summed E-state index contributed by atoms with van der Waals surface area (Å²) in [5.74, 6) is -1.19. The van der Waals surface area contributed by atoms with Crippen LogP contribution in [-0.4, -0.2) is 15.3 Å². The van der Waals surface area contributed by atoms with E-state index in [1.165, 1.54) is 0 Å². The Bertz CT molecular complexity index is 79.7. The van der Waals surface area contributed by atoms with Gasteiger partial charge >= 0.3 is 35.5 Å². The van der Waals surface area contributed by atoms with Gasteiger partial charge in [0.25, 0.3) is 0 Å². The summed E-state index contributed by atoms with van der Waals surface area (Å²) in [6, 6.07) is 0. The predicted molar refractivity (Wildman–Crippen MR) is 27.6 cm³/mol. The van der Waals surface area contributed by atoms with Gasteiger partial charge in [0.2, 0.25) is 0 Å². The fraction of sp³-hybridized carbons (Fsp3) is 0. The molecule has 34 valence electrons. The summed E-state index contributed by atoms with van der Waals surface area (Å²) in [6.45, 7) is 0. The smallest absolute Gasteiger partial charge is 0.479 e. The van der Waals surface area contributed by atoms with Gasteiger partial charge < -0.3 is 30.0 Å². The van der Waals surface area contributed by atoms with Crippen molar-refractivity contribution in [3.63, 3.8) is 0 Å². The zero-order chi connectivity index (χ0) is 5.15. The first-order chi connectivity index (χ1) is 2.64. The van der Waals surface area contributed by atoms with Gasteiger partial charge in [-0.05, 0) is 4.20 Å². The van der Waals surface area contributed by atoms with E-state index >= 15 is 0 Å². The van der Waals surface area contributed by atoms with Crippen LogP contribution in [0.15, 0.2) is 0 Å². The third-order valence-electron chi connectivity index (χ3n) is 0.175. The molecule has 5 heteroatoms. The van der Waals surface area contributed by atoms with Crippen LogP contribution in [0.5, 0.6) is 0 Å². The van der Waals surface area contributed by atoms with Gasteiger partial charge in [-0.25, -0.2) is 4.79 Å². The summed E-state index contributed by atoms with van der Waals surface area (Å²) in [4.78, 5) is 9.45. The normalized spacial score (nSPS) is 6.29. The molecule has 2 nitrogen and oxygen atoms in total. The van der Waals surface area contributed by atoms with Crippen LogP contribution in [0.1, 0.15) is 0 Å². The van der Waals surface area contributed by atoms with Crippen LogP contribution in [0.4, 0.5) is 0 Å². The number of rotatable bonds is 1. The minimum Gasteiger partial charge on any atom is -0.479 e. The zero-order valence-electron chi connectivity index (χ0n) is 3.67. The van der Waals surface area contributed by atoms with Crippen LogP contribution < -0.4 is 29.6 Å². The molecule has 0 heterocycles. The standard InChI is InChI=1S/C2H2O2S2.Na/c3-1(4)2(5)6;/h(H,3,4)(H,5,6);/q;+1/p-1. The van der Waals surface area contributed by atoms with E-state index in [0.29, 0.717) is 0 Å². The van der Waals surface area contributed by atoms with Crippen molar-refractivity contribution < 1.29 is 39.5 Å². The molecule has 0 aliphatic rings. The van der Waals surface area contributed by atoms with Gasteiger partial charge in [0, 0.05) is 0 Å². The molecule has 0 bridgehead atoms. The van der Waals surface area contributed by atoms with Crippen LogP contribution in [0.2, 0.25) is 0 Å². The average molecular weight is 144 g/mol. The van der Waals surface area contributed by atoms with Crippen molar-refractivity contribution in [3.05, 3.63) is 0 Å². The Morgan fingerprint density at radius 2 is 1.86 bits per heavy atom. The van der Waals surface area contributed by atoms with Crippen molar-refractivity contribution in [2.75, 3.05) is 0 Å². The number of thiocarbonyl (C=S) groups is 1. The summed E-state index contributed by atoms with van der Waals surface area (Å²) in [6.07, 6.45) is 0. The fourth-order valence-electron chi connectivity index (χ4n) is 0. The zero-order valence-corrected chi connectivity index (χ0v) is 7.30. The van der Waals surface area contributed by atoms with E-state index in [1.54, 1.807) is 0 Å². The van der Waals surface area contributed by atoms with E-state index in [4.69, 9.17) is 5.11 Å². The molecule has 1 N–H and O–H groups in total. The molecule has 0 saturated heterocycles. The van der Waals surface area contributed by atoms with E-state index in [0.717, 1.165) is 0 Å². The maximum Gasteiger partial charge on any atom is 1.00 e. The van der Waals surface area contributed by atoms with Crippen molar-refractivity contribution >= 4 is 35.0 Å². The molecule has 0 aliphatic heterocycles. The van der Waals surface area contributed by atoms with Crippen LogP contribution in [0.25, 0.3) is 0 Å². The number of hydrogen-bond donors (Lipinski definition) is 1. The van der Waals surface area contributed by atoms with Gasteiger partial charge in [-0.2, -0.15) is 0 Å². The second-order valence-corrected chi connectivity index (χ2v) is 1.67. The van der Waals surface area contributed by atoms with Gasteiger partial charge in [-0.1, -0.05) is 0 Å². The number of carbonyl (C=O) groups is 1. The molecule has 0 fully saturated rings. The second kappa shape index (κ2) is 4.93. The fourth-order valence-corrected chi connectivity index (χ4v) is 0. The van der Waals surface area contributed by atoms with Gasteiger partial charge in [0.15, 0.2) is 0 Å². The number of hydrogen-bond acceptors (Lipinski definition) is 3. The SMILES string of the molecule is O=C(O)C(=S)[S-].[Na+]. The Hall–Kier alpha value is 0.780. The second-order valence-electron chi connectivity index (χ2n) is 0.593. The third-order valence-corrected chi connectivity index (χ3v) is 0.524. The molecule has 0 radical (unpaired) electrons. The topological polar surface area (TPSA) is 37.3 Å². The molecule has 0 rings (SSSR count). The summed E-state index contributed by atoms with van der Waals surface area (Å²) in [5, 5.41) is 7.75. The molecule has 0 aromatic carbocycles. The molecule has 7 heavy (non-hydrogen) atoms. The first kappa shape index (κ1) is 10.7. The van der Waals surface area contributed by atoms with Crippen molar-refractivity contribution in [1.29, 1.82) is 0 Å². The van der Waals surface area contributed by atoms with Crippen molar-refractivity contribution in [2.24, 2.45) is 0 Å². The quantitative estimate of drug-likeness (QED) is 0.241. The van der Waals surface area contributed by atoms with E-state index in [2.05, 4.69) is 24.8 Å². The number of aliphatic carboxylic acids is 1. The third kappa shape index (κ3) is 6.78. The molecule has 0 aliphatic carbocycles. The van der Waals surface area contributed by atoms with Crippen LogP contribution in [-0.2, 0) is 17.4 Å². The van der Waals surface area contributed by atoms with E-state index in [1.807, 2.05) is 0 Å². The van der Waals surface area contributed by atoms with Crippen molar-refractivity contribution in [3.8, 4) is 0 Å². The molecule has 0 saturated carbocycles. The molecular weight excluding hydrogens is 143 g/mol. The average Bonchev–Trinajstić information content (AvgIpc) is 1.36.